The molecule has 0 amide bonds. The van der Waals surface area contributed by atoms with E-state index in [4.69, 9.17) is 19.4 Å². The summed E-state index contributed by atoms with van der Waals surface area (Å²) in [5.41, 5.74) is 10.2. The third-order valence-electron chi connectivity index (χ3n) is 11.6. The molecule has 5 nitrogen and oxygen atoms in total. The van der Waals surface area contributed by atoms with Gasteiger partial charge >= 0.3 is 0 Å². The van der Waals surface area contributed by atoms with Crippen LogP contribution >= 0.6 is 11.3 Å². The second-order valence-electron chi connectivity index (χ2n) is 14.7. The highest BCUT2D eigenvalue weighted by atomic mass is 32.1. The van der Waals surface area contributed by atoms with Crippen molar-refractivity contribution in [1.29, 1.82) is 0 Å². The SMILES string of the molecule is c1ccc(-c2cccc(-c3nc(-c4ccc5sc6ccccc6c5c4)nc(-c4cccc5c4c4cccc6oc7ccc8c9ccccc9n5c8c7c64)n3)c2)cc1. The minimum atomic E-state index is 0.614. The number of para-hydroxylation sites is 1. The molecule has 0 radical (unpaired) electrons. The van der Waals surface area contributed by atoms with Gasteiger partial charge in [-0.05, 0) is 77.2 Å². The molecule has 0 bridgehead atoms. The molecule has 0 fully saturated rings. The molecule has 13 rings (SSSR count). The first kappa shape index (κ1) is 30.9. The van der Waals surface area contributed by atoms with Crippen molar-refractivity contribution in [3.63, 3.8) is 0 Å². The zero-order chi connectivity index (χ0) is 37.2. The molecule has 13 aromatic rings. The number of fused-ring (bicyclic) bond motifs is 9. The van der Waals surface area contributed by atoms with Gasteiger partial charge in [0.05, 0.1) is 21.9 Å². The van der Waals surface area contributed by atoms with Crippen LogP contribution in [0.15, 0.2) is 174 Å². The van der Waals surface area contributed by atoms with Crippen LogP contribution in [0.25, 0.3) is 125 Å². The largest absolute Gasteiger partial charge is 0.456 e. The van der Waals surface area contributed by atoms with E-state index >= 15 is 0 Å². The third kappa shape index (κ3) is 4.41. The number of hydrogen-bond donors (Lipinski definition) is 0. The number of aromatic nitrogens is 4. The fourth-order valence-corrected chi connectivity index (χ4v) is 10.2. The van der Waals surface area contributed by atoms with E-state index in [2.05, 4.69) is 168 Å². The number of thiophene rings is 1. The lowest BCUT2D eigenvalue weighted by Crippen LogP contribution is -2.01. The highest BCUT2D eigenvalue weighted by Crippen LogP contribution is 2.46. The smallest absolute Gasteiger partial charge is 0.164 e. The summed E-state index contributed by atoms with van der Waals surface area (Å²) in [5.74, 6) is 1.86. The monoisotopic (exact) mass is 744 g/mol. The summed E-state index contributed by atoms with van der Waals surface area (Å²) in [5, 5.41) is 9.24. The average Bonchev–Trinajstić information content (AvgIpc) is 3.93. The van der Waals surface area contributed by atoms with Crippen molar-refractivity contribution in [3.05, 3.63) is 170 Å². The molecule has 0 aliphatic heterocycles. The molecule has 5 heterocycles. The number of nitrogens with zero attached hydrogens (tertiary/aromatic N) is 4. The molecule has 5 aromatic heterocycles. The fourth-order valence-electron chi connectivity index (χ4n) is 9.10. The van der Waals surface area contributed by atoms with Crippen LogP contribution in [0.3, 0.4) is 0 Å². The van der Waals surface area contributed by atoms with Gasteiger partial charge in [-0.3, -0.25) is 0 Å². The molecular weight excluding hydrogens is 717 g/mol. The summed E-state index contributed by atoms with van der Waals surface area (Å²) >= 11 is 1.81. The van der Waals surface area contributed by atoms with Crippen LogP contribution in [0, 0.1) is 0 Å². The van der Waals surface area contributed by atoms with E-state index in [9.17, 15) is 0 Å². The van der Waals surface area contributed by atoms with Gasteiger partial charge in [-0.25, -0.2) is 15.0 Å². The highest BCUT2D eigenvalue weighted by Gasteiger charge is 2.24. The summed E-state index contributed by atoms with van der Waals surface area (Å²) in [6, 6.07) is 60.1. The first-order valence-electron chi connectivity index (χ1n) is 19.1. The van der Waals surface area contributed by atoms with Crippen LogP contribution in [0.4, 0.5) is 0 Å². The Hall–Kier alpha value is -7.41. The van der Waals surface area contributed by atoms with Gasteiger partial charge in [-0.2, -0.15) is 0 Å². The van der Waals surface area contributed by atoms with E-state index in [0.717, 1.165) is 77.1 Å². The van der Waals surface area contributed by atoms with Crippen molar-refractivity contribution in [3.8, 4) is 45.3 Å². The summed E-state index contributed by atoms with van der Waals surface area (Å²) < 4.78 is 11.5. The summed E-state index contributed by atoms with van der Waals surface area (Å²) in [7, 11) is 0. The Morgan fingerprint density at radius 1 is 0.386 bits per heavy atom. The maximum Gasteiger partial charge on any atom is 0.164 e. The van der Waals surface area contributed by atoms with E-state index in [1.807, 2.05) is 17.4 Å². The molecule has 0 saturated heterocycles. The van der Waals surface area contributed by atoms with Gasteiger partial charge in [0.1, 0.15) is 11.2 Å². The van der Waals surface area contributed by atoms with Gasteiger partial charge in [0.2, 0.25) is 0 Å². The van der Waals surface area contributed by atoms with Crippen LogP contribution in [-0.2, 0) is 0 Å². The van der Waals surface area contributed by atoms with E-state index < -0.39 is 0 Å². The van der Waals surface area contributed by atoms with Gasteiger partial charge < -0.3 is 8.82 Å². The van der Waals surface area contributed by atoms with E-state index in [1.54, 1.807) is 0 Å². The minimum absolute atomic E-state index is 0.614. The Labute approximate surface area is 329 Å². The number of benzene rings is 8. The van der Waals surface area contributed by atoms with Crippen LogP contribution in [-0.4, -0.2) is 19.4 Å². The van der Waals surface area contributed by atoms with Crippen molar-refractivity contribution in [2.75, 3.05) is 0 Å². The van der Waals surface area contributed by atoms with Crippen LogP contribution in [0.1, 0.15) is 0 Å². The van der Waals surface area contributed by atoms with Crippen molar-refractivity contribution >= 4 is 91.5 Å². The van der Waals surface area contributed by atoms with Crippen LogP contribution in [0.2, 0.25) is 0 Å². The molecule has 6 heteroatoms. The third-order valence-corrected chi connectivity index (χ3v) is 12.7. The lowest BCUT2D eigenvalue weighted by atomic mass is 10.00. The minimum Gasteiger partial charge on any atom is -0.456 e. The predicted molar refractivity (Wildman–Crippen MR) is 236 cm³/mol. The van der Waals surface area contributed by atoms with Crippen LogP contribution < -0.4 is 0 Å². The Morgan fingerprint density at radius 3 is 1.96 bits per heavy atom. The Kier molecular flexibility index (Phi) is 6.26. The normalized spacial score (nSPS) is 12.2. The van der Waals surface area contributed by atoms with Crippen LogP contribution in [0.5, 0.6) is 0 Å². The predicted octanol–water partition coefficient (Wildman–Crippen LogP) is 14.0. The molecule has 0 aliphatic carbocycles. The number of furan rings is 1. The van der Waals surface area contributed by atoms with E-state index in [0.29, 0.717) is 17.5 Å². The Balaban J connectivity index is 1.15. The molecular formula is C51H28N4OS. The Bertz CT molecular complexity index is 3760. The lowest BCUT2D eigenvalue weighted by molar-refractivity contribution is 0.669. The van der Waals surface area contributed by atoms with Crippen molar-refractivity contribution in [1.82, 2.24) is 19.4 Å². The zero-order valence-corrected chi connectivity index (χ0v) is 31.1. The lowest BCUT2D eigenvalue weighted by Gasteiger charge is -2.12. The fraction of sp³-hybridized carbons (Fsp3) is 0. The summed E-state index contributed by atoms with van der Waals surface area (Å²) in [6.45, 7) is 0. The van der Waals surface area contributed by atoms with E-state index in [-0.39, 0.29) is 0 Å². The van der Waals surface area contributed by atoms with Gasteiger partial charge in [0.15, 0.2) is 17.5 Å². The van der Waals surface area contributed by atoms with Gasteiger partial charge in [0.25, 0.3) is 0 Å². The molecule has 0 saturated carbocycles. The maximum atomic E-state index is 6.59. The highest BCUT2D eigenvalue weighted by molar-refractivity contribution is 7.25. The van der Waals surface area contributed by atoms with Gasteiger partial charge in [-0.15, -0.1) is 11.3 Å². The topological polar surface area (TPSA) is 56.2 Å². The number of rotatable bonds is 4. The second-order valence-corrected chi connectivity index (χ2v) is 15.8. The first-order chi connectivity index (χ1) is 28.2. The molecule has 264 valence electrons. The second kappa shape index (κ2) is 11.6. The van der Waals surface area contributed by atoms with Crippen molar-refractivity contribution in [2.45, 2.75) is 0 Å². The summed E-state index contributed by atoms with van der Waals surface area (Å²) in [6.07, 6.45) is 0. The average molecular weight is 745 g/mol. The Morgan fingerprint density at radius 2 is 1.05 bits per heavy atom. The maximum absolute atomic E-state index is 6.59. The number of hydrogen-bond acceptors (Lipinski definition) is 5. The standard InChI is InChI=1S/C51H28N4OS/c1-2-11-29(12-3-1)30-13-8-14-31(27-30)49-52-50(32-23-26-44-38(28-32)34-16-5-7-22-43(34)57-44)54-51(53-49)37-18-9-20-40-45(37)36-17-10-21-41-46(36)47-42(56-41)25-24-35-33-15-4-6-19-39(33)55(40)48(35)47/h1-28H. The molecule has 0 spiro atoms. The molecule has 0 N–H and O–H groups in total. The molecule has 57 heavy (non-hydrogen) atoms. The molecule has 8 aromatic carbocycles. The van der Waals surface area contributed by atoms with Gasteiger partial charge in [-0.1, -0.05) is 109 Å². The van der Waals surface area contributed by atoms with Crippen molar-refractivity contribution in [2.24, 2.45) is 0 Å². The van der Waals surface area contributed by atoms with Gasteiger partial charge in [0, 0.05) is 58.4 Å². The first-order valence-corrected chi connectivity index (χ1v) is 19.9. The molecule has 0 aliphatic rings. The zero-order valence-electron chi connectivity index (χ0n) is 30.3. The van der Waals surface area contributed by atoms with E-state index in [1.165, 1.54) is 30.9 Å². The summed E-state index contributed by atoms with van der Waals surface area (Å²) in [4.78, 5) is 16.0. The quantitative estimate of drug-likeness (QED) is 0.180. The molecule has 0 unspecified atom stereocenters. The van der Waals surface area contributed by atoms with Crippen molar-refractivity contribution < 1.29 is 4.42 Å². The molecule has 0 atom stereocenters.